The number of ketones is 1. The van der Waals surface area contributed by atoms with E-state index in [0.717, 1.165) is 12.2 Å². The van der Waals surface area contributed by atoms with E-state index in [1.165, 1.54) is 24.3 Å². The third-order valence-electron chi connectivity index (χ3n) is 2.73. The van der Waals surface area contributed by atoms with E-state index in [9.17, 15) is 4.79 Å². The molecule has 0 aromatic carbocycles. The number of hydrogen-bond donors (Lipinski definition) is 0. The number of rotatable bonds is 2. The van der Waals surface area contributed by atoms with Crippen molar-refractivity contribution in [3.63, 3.8) is 0 Å². The molecule has 0 bridgehead atoms. The van der Waals surface area contributed by atoms with Gasteiger partial charge in [0, 0.05) is 6.08 Å². The summed E-state index contributed by atoms with van der Waals surface area (Å²) in [5.74, 6) is 3.72. The zero-order valence-corrected chi connectivity index (χ0v) is 8.73. The molecule has 0 radical (unpaired) electrons. The van der Waals surface area contributed by atoms with E-state index >= 15 is 0 Å². The van der Waals surface area contributed by atoms with Gasteiger partial charge in [-0.3, -0.25) is 4.79 Å². The minimum Gasteiger partial charge on any atom is -0.501 e. The SMILES string of the molecule is COC1=CC(=O)C([S+]2CCCC2)C1. The van der Waals surface area contributed by atoms with Crippen LogP contribution in [0, 0.1) is 0 Å². The van der Waals surface area contributed by atoms with Gasteiger partial charge in [0.15, 0.2) is 5.25 Å². The zero-order valence-electron chi connectivity index (χ0n) is 7.91. The molecule has 0 amide bonds. The highest BCUT2D eigenvalue weighted by Gasteiger charge is 2.42. The van der Waals surface area contributed by atoms with Crippen LogP contribution in [0.4, 0.5) is 0 Å². The molecular weight excluding hydrogens is 184 g/mol. The molecule has 0 aromatic rings. The molecule has 3 heteroatoms. The predicted octanol–water partition coefficient (Wildman–Crippen LogP) is 1.27. The zero-order chi connectivity index (χ0) is 9.26. The van der Waals surface area contributed by atoms with Crippen LogP contribution in [0.25, 0.3) is 0 Å². The van der Waals surface area contributed by atoms with Crippen LogP contribution in [0.3, 0.4) is 0 Å². The lowest BCUT2D eigenvalue weighted by Crippen LogP contribution is -2.27. The Morgan fingerprint density at radius 3 is 2.69 bits per heavy atom. The van der Waals surface area contributed by atoms with Crippen molar-refractivity contribution in [2.75, 3.05) is 18.6 Å². The Morgan fingerprint density at radius 2 is 2.15 bits per heavy atom. The van der Waals surface area contributed by atoms with Crippen molar-refractivity contribution in [3.8, 4) is 0 Å². The van der Waals surface area contributed by atoms with Gasteiger partial charge in [-0.15, -0.1) is 0 Å². The van der Waals surface area contributed by atoms with Crippen LogP contribution in [0.2, 0.25) is 0 Å². The largest absolute Gasteiger partial charge is 0.501 e. The van der Waals surface area contributed by atoms with Gasteiger partial charge in [-0.05, 0) is 23.7 Å². The highest BCUT2D eigenvalue weighted by atomic mass is 32.2. The summed E-state index contributed by atoms with van der Waals surface area (Å²) in [4.78, 5) is 11.6. The van der Waals surface area contributed by atoms with Gasteiger partial charge in [-0.1, -0.05) is 0 Å². The molecule has 2 aliphatic rings. The van der Waals surface area contributed by atoms with Gasteiger partial charge in [0.2, 0.25) is 5.78 Å². The Labute approximate surface area is 81.7 Å². The van der Waals surface area contributed by atoms with E-state index < -0.39 is 0 Å². The summed E-state index contributed by atoms with van der Waals surface area (Å²) in [5, 5.41) is 0.275. The average molecular weight is 199 g/mol. The monoisotopic (exact) mass is 199 g/mol. The van der Waals surface area contributed by atoms with E-state index in [0.29, 0.717) is 16.7 Å². The summed E-state index contributed by atoms with van der Waals surface area (Å²) in [7, 11) is 2.02. The first-order valence-corrected chi connectivity index (χ1v) is 6.38. The van der Waals surface area contributed by atoms with Crippen molar-refractivity contribution < 1.29 is 9.53 Å². The average Bonchev–Trinajstić information content (AvgIpc) is 2.72. The highest BCUT2D eigenvalue weighted by Crippen LogP contribution is 2.28. The maximum Gasteiger partial charge on any atom is 0.211 e. The molecule has 0 aromatic heterocycles. The smallest absolute Gasteiger partial charge is 0.211 e. The molecular formula is C10H15O2S+. The second kappa shape index (κ2) is 3.74. The molecule has 0 N–H and O–H groups in total. The lowest BCUT2D eigenvalue weighted by molar-refractivity contribution is -0.113. The first-order valence-electron chi connectivity index (χ1n) is 4.76. The standard InChI is InChI=1S/C10H15O2S/c1-12-8-6-9(11)10(7-8)13-4-2-3-5-13/h6,10H,2-5,7H2,1H3/q+1. The number of ether oxygens (including phenoxy) is 1. The van der Waals surface area contributed by atoms with Crippen LogP contribution < -0.4 is 0 Å². The van der Waals surface area contributed by atoms with Crippen molar-refractivity contribution in [1.29, 1.82) is 0 Å². The van der Waals surface area contributed by atoms with Crippen molar-refractivity contribution >= 4 is 16.7 Å². The maximum atomic E-state index is 11.6. The summed E-state index contributed by atoms with van der Waals surface area (Å²) in [6, 6.07) is 0. The van der Waals surface area contributed by atoms with Crippen LogP contribution in [-0.2, 0) is 20.4 Å². The van der Waals surface area contributed by atoms with Crippen LogP contribution in [0.5, 0.6) is 0 Å². The number of carbonyl (C=O) groups excluding carboxylic acids is 1. The molecule has 1 unspecified atom stereocenters. The highest BCUT2D eigenvalue weighted by molar-refractivity contribution is 7.98. The molecule has 0 saturated carbocycles. The van der Waals surface area contributed by atoms with Crippen molar-refractivity contribution in [3.05, 3.63) is 11.8 Å². The Morgan fingerprint density at radius 1 is 1.46 bits per heavy atom. The van der Waals surface area contributed by atoms with Gasteiger partial charge in [0.1, 0.15) is 17.3 Å². The second-order valence-electron chi connectivity index (χ2n) is 3.56. The lowest BCUT2D eigenvalue weighted by Gasteiger charge is -2.07. The molecule has 1 aliphatic heterocycles. The molecule has 72 valence electrons. The lowest BCUT2D eigenvalue weighted by atomic mass is 10.3. The fourth-order valence-corrected chi connectivity index (χ4v) is 4.70. The van der Waals surface area contributed by atoms with Crippen molar-refractivity contribution in [2.24, 2.45) is 0 Å². The molecule has 1 fully saturated rings. The molecule has 13 heavy (non-hydrogen) atoms. The molecule has 1 atom stereocenters. The van der Waals surface area contributed by atoms with Gasteiger partial charge in [-0.2, -0.15) is 0 Å². The second-order valence-corrected chi connectivity index (χ2v) is 6.02. The molecule has 0 spiro atoms. The summed E-state index contributed by atoms with van der Waals surface area (Å²) >= 11 is 0. The Hall–Kier alpha value is -0.440. The van der Waals surface area contributed by atoms with Crippen LogP contribution in [-0.4, -0.2) is 29.6 Å². The normalized spacial score (nSPS) is 29.5. The molecule has 2 nitrogen and oxygen atoms in total. The number of methoxy groups -OCH3 is 1. The van der Waals surface area contributed by atoms with Gasteiger partial charge in [-0.25, -0.2) is 0 Å². The fraction of sp³-hybridized carbons (Fsp3) is 0.700. The van der Waals surface area contributed by atoms with E-state index in [1.807, 2.05) is 0 Å². The topological polar surface area (TPSA) is 26.3 Å². The number of hydrogen-bond acceptors (Lipinski definition) is 2. The van der Waals surface area contributed by atoms with E-state index in [2.05, 4.69) is 0 Å². The Balaban J connectivity index is 2.00. The first kappa shape index (κ1) is 9.13. The quantitative estimate of drug-likeness (QED) is 0.626. The first-order chi connectivity index (χ1) is 6.31. The summed E-state index contributed by atoms with van der Waals surface area (Å²) in [6.45, 7) is 0. The van der Waals surface area contributed by atoms with E-state index in [4.69, 9.17) is 4.74 Å². The maximum absolute atomic E-state index is 11.6. The molecule has 1 saturated heterocycles. The van der Waals surface area contributed by atoms with Gasteiger partial charge >= 0.3 is 0 Å². The third-order valence-corrected chi connectivity index (χ3v) is 5.56. The summed E-state index contributed by atoms with van der Waals surface area (Å²) in [5.41, 5.74) is 0. The van der Waals surface area contributed by atoms with E-state index in [1.54, 1.807) is 13.2 Å². The van der Waals surface area contributed by atoms with Crippen molar-refractivity contribution in [1.82, 2.24) is 0 Å². The van der Waals surface area contributed by atoms with Crippen LogP contribution in [0.15, 0.2) is 11.8 Å². The molecule has 2 rings (SSSR count). The summed E-state index contributed by atoms with van der Waals surface area (Å²) < 4.78 is 5.12. The van der Waals surface area contributed by atoms with Crippen LogP contribution >= 0.6 is 0 Å². The van der Waals surface area contributed by atoms with Crippen LogP contribution in [0.1, 0.15) is 19.3 Å². The Bertz CT molecular complexity index is 241. The van der Waals surface area contributed by atoms with Gasteiger partial charge in [0.05, 0.1) is 13.5 Å². The summed E-state index contributed by atoms with van der Waals surface area (Å²) in [6.07, 6.45) is 5.18. The molecule has 1 aliphatic carbocycles. The van der Waals surface area contributed by atoms with Crippen molar-refractivity contribution in [2.45, 2.75) is 24.5 Å². The third kappa shape index (κ3) is 1.75. The number of allylic oxidation sites excluding steroid dienone is 2. The minimum atomic E-state index is 0.275. The Kier molecular flexibility index (Phi) is 2.63. The van der Waals surface area contributed by atoms with Gasteiger partial charge in [0.25, 0.3) is 0 Å². The number of carbonyl (C=O) groups is 1. The van der Waals surface area contributed by atoms with E-state index in [-0.39, 0.29) is 5.25 Å². The minimum absolute atomic E-state index is 0.275. The molecule has 1 heterocycles. The van der Waals surface area contributed by atoms with Gasteiger partial charge < -0.3 is 4.74 Å². The predicted molar refractivity (Wildman–Crippen MR) is 54.8 cm³/mol. The fourth-order valence-electron chi connectivity index (χ4n) is 1.98.